The van der Waals surface area contributed by atoms with Crippen LogP contribution in [-0.4, -0.2) is 48.9 Å². The van der Waals surface area contributed by atoms with Gasteiger partial charge in [-0.15, -0.1) is 0 Å². The van der Waals surface area contributed by atoms with E-state index in [9.17, 15) is 10.2 Å². The van der Waals surface area contributed by atoms with Crippen LogP contribution in [-0.2, 0) is 0 Å². The predicted molar refractivity (Wildman–Crippen MR) is 59.8 cm³/mol. The van der Waals surface area contributed by atoms with Crippen molar-refractivity contribution in [2.75, 3.05) is 6.61 Å². The first-order chi connectivity index (χ1) is 8.01. The smallest absolute Gasteiger partial charge is 0.155 e. The fourth-order valence-corrected chi connectivity index (χ4v) is 1.32. The number of H-pyrrole nitrogens is 1. The molecular formula is C10H17N3O4. The second-order valence-electron chi connectivity index (χ2n) is 3.97. The Hall–Kier alpha value is -1.44. The van der Waals surface area contributed by atoms with Gasteiger partial charge in [0.15, 0.2) is 5.82 Å². The number of aliphatic hydroxyl groups is 3. The second-order valence-corrected chi connectivity index (χ2v) is 3.97. The SMILES string of the molecule is C/C(=N\O)c1ncc([C@@H](O)[C@H](O)[C@H](C)CO)[nH]1. The number of oxime groups is 1. The predicted octanol–water partition coefficient (Wildman–Crippen LogP) is -0.369. The van der Waals surface area contributed by atoms with Crippen molar-refractivity contribution in [3.05, 3.63) is 17.7 Å². The molecule has 0 amide bonds. The summed E-state index contributed by atoms with van der Waals surface area (Å²) in [5.74, 6) is -0.144. The van der Waals surface area contributed by atoms with Gasteiger partial charge in [-0.2, -0.15) is 0 Å². The quantitative estimate of drug-likeness (QED) is 0.274. The summed E-state index contributed by atoms with van der Waals surface area (Å²) in [5, 5.41) is 39.9. The highest BCUT2D eigenvalue weighted by Gasteiger charge is 2.25. The number of nitrogens with zero attached hydrogens (tertiary/aromatic N) is 2. The molecule has 1 rings (SSSR count). The van der Waals surface area contributed by atoms with Gasteiger partial charge in [0, 0.05) is 12.5 Å². The fourth-order valence-electron chi connectivity index (χ4n) is 1.32. The number of nitrogens with one attached hydrogen (secondary N) is 1. The van der Waals surface area contributed by atoms with E-state index in [2.05, 4.69) is 15.1 Å². The van der Waals surface area contributed by atoms with Crippen molar-refractivity contribution in [3.63, 3.8) is 0 Å². The number of rotatable bonds is 5. The molecule has 1 aromatic heterocycles. The number of imidazole rings is 1. The molecule has 0 aromatic carbocycles. The zero-order chi connectivity index (χ0) is 13.0. The zero-order valence-electron chi connectivity index (χ0n) is 9.70. The van der Waals surface area contributed by atoms with E-state index >= 15 is 0 Å². The van der Waals surface area contributed by atoms with Crippen molar-refractivity contribution in [1.82, 2.24) is 9.97 Å². The fraction of sp³-hybridized carbons (Fsp3) is 0.600. The minimum absolute atomic E-state index is 0.226. The number of aliphatic hydroxyl groups excluding tert-OH is 3. The average Bonchev–Trinajstić information content (AvgIpc) is 2.84. The Bertz CT molecular complexity index is 391. The molecule has 0 unspecified atom stereocenters. The van der Waals surface area contributed by atoms with Gasteiger partial charge in [-0.25, -0.2) is 4.98 Å². The van der Waals surface area contributed by atoms with Crippen LogP contribution in [0.3, 0.4) is 0 Å². The van der Waals surface area contributed by atoms with E-state index in [1.54, 1.807) is 13.8 Å². The Labute approximate surface area is 98.4 Å². The highest BCUT2D eigenvalue weighted by molar-refractivity contribution is 5.94. The van der Waals surface area contributed by atoms with E-state index in [1.165, 1.54) is 6.20 Å². The van der Waals surface area contributed by atoms with Crippen LogP contribution in [0.25, 0.3) is 0 Å². The highest BCUT2D eigenvalue weighted by atomic mass is 16.4. The molecule has 5 N–H and O–H groups in total. The minimum Gasteiger partial charge on any atom is -0.411 e. The summed E-state index contributed by atoms with van der Waals surface area (Å²) in [4.78, 5) is 6.63. The van der Waals surface area contributed by atoms with Crippen LogP contribution in [0.5, 0.6) is 0 Å². The van der Waals surface area contributed by atoms with Gasteiger partial charge >= 0.3 is 0 Å². The maximum atomic E-state index is 9.82. The van der Waals surface area contributed by atoms with Gasteiger partial charge in [-0.1, -0.05) is 12.1 Å². The van der Waals surface area contributed by atoms with Gasteiger partial charge in [0.05, 0.1) is 18.0 Å². The molecule has 3 atom stereocenters. The third kappa shape index (κ3) is 3.02. The van der Waals surface area contributed by atoms with E-state index < -0.39 is 18.1 Å². The summed E-state index contributed by atoms with van der Waals surface area (Å²) in [5.41, 5.74) is 0.573. The van der Waals surface area contributed by atoms with E-state index in [0.717, 1.165) is 0 Å². The maximum absolute atomic E-state index is 9.82. The molecule has 7 heteroatoms. The lowest BCUT2D eigenvalue weighted by atomic mass is 9.99. The molecule has 17 heavy (non-hydrogen) atoms. The summed E-state index contributed by atoms with van der Waals surface area (Å²) in [7, 11) is 0. The van der Waals surface area contributed by atoms with Gasteiger partial charge in [-0.3, -0.25) is 0 Å². The van der Waals surface area contributed by atoms with Crippen molar-refractivity contribution in [2.24, 2.45) is 11.1 Å². The van der Waals surface area contributed by atoms with Crippen LogP contribution in [0, 0.1) is 5.92 Å². The minimum atomic E-state index is -1.18. The van der Waals surface area contributed by atoms with E-state index in [0.29, 0.717) is 11.5 Å². The lowest BCUT2D eigenvalue weighted by Crippen LogP contribution is -2.28. The first-order valence-corrected chi connectivity index (χ1v) is 5.22. The molecule has 0 saturated heterocycles. The van der Waals surface area contributed by atoms with Crippen LogP contribution in [0.1, 0.15) is 31.5 Å². The maximum Gasteiger partial charge on any atom is 0.155 e. The molecule has 1 aromatic rings. The molecule has 0 aliphatic carbocycles. The Kier molecular flexibility index (Phi) is 4.62. The van der Waals surface area contributed by atoms with Gasteiger partial charge < -0.3 is 25.5 Å². The summed E-state index contributed by atoms with van der Waals surface area (Å²) < 4.78 is 0. The van der Waals surface area contributed by atoms with Crippen molar-refractivity contribution in [3.8, 4) is 0 Å². The Balaban J connectivity index is 2.83. The molecule has 7 nitrogen and oxygen atoms in total. The zero-order valence-corrected chi connectivity index (χ0v) is 9.70. The molecular weight excluding hydrogens is 226 g/mol. The normalized spacial score (nSPS) is 17.8. The standard InChI is InChI=1S/C10H17N3O4/c1-5(4-14)8(15)9(16)7-3-11-10(12-7)6(2)13-17/h3,5,8-9,14-17H,4H2,1-2H3,(H,11,12)/b13-6+/t5-,8-,9-/m1/s1. The molecule has 0 aliphatic rings. The van der Waals surface area contributed by atoms with E-state index in [-0.39, 0.29) is 12.3 Å². The van der Waals surface area contributed by atoms with Crippen molar-refractivity contribution in [1.29, 1.82) is 0 Å². The van der Waals surface area contributed by atoms with Gasteiger partial charge in [0.25, 0.3) is 0 Å². The number of hydrogen-bond acceptors (Lipinski definition) is 6. The Morgan fingerprint density at radius 3 is 2.71 bits per heavy atom. The molecule has 96 valence electrons. The van der Waals surface area contributed by atoms with Gasteiger partial charge in [0.1, 0.15) is 11.8 Å². The first kappa shape index (κ1) is 13.6. The Morgan fingerprint density at radius 1 is 1.53 bits per heavy atom. The molecule has 0 fully saturated rings. The summed E-state index contributed by atoms with van der Waals surface area (Å²) in [6.45, 7) is 2.93. The summed E-state index contributed by atoms with van der Waals surface area (Å²) in [6, 6.07) is 0. The molecule has 0 bridgehead atoms. The molecule has 0 aliphatic heterocycles. The summed E-state index contributed by atoms with van der Waals surface area (Å²) in [6.07, 6.45) is -0.924. The first-order valence-electron chi connectivity index (χ1n) is 5.22. The highest BCUT2D eigenvalue weighted by Crippen LogP contribution is 2.20. The van der Waals surface area contributed by atoms with Crippen LogP contribution in [0.4, 0.5) is 0 Å². The molecule has 1 heterocycles. The number of aromatic nitrogens is 2. The molecule has 0 radical (unpaired) electrons. The average molecular weight is 243 g/mol. The lowest BCUT2D eigenvalue weighted by Gasteiger charge is -2.21. The topological polar surface area (TPSA) is 122 Å². The second kappa shape index (κ2) is 5.76. The largest absolute Gasteiger partial charge is 0.411 e. The number of aromatic amines is 1. The van der Waals surface area contributed by atoms with E-state index in [1.807, 2.05) is 0 Å². The lowest BCUT2D eigenvalue weighted by molar-refractivity contribution is -0.0298. The number of hydrogen-bond donors (Lipinski definition) is 5. The van der Waals surface area contributed by atoms with E-state index in [4.69, 9.17) is 10.3 Å². The molecule has 0 spiro atoms. The monoisotopic (exact) mass is 243 g/mol. The van der Waals surface area contributed by atoms with Gasteiger partial charge in [-0.05, 0) is 6.92 Å². The Morgan fingerprint density at radius 2 is 2.18 bits per heavy atom. The van der Waals surface area contributed by atoms with Crippen molar-refractivity contribution >= 4 is 5.71 Å². The van der Waals surface area contributed by atoms with Crippen molar-refractivity contribution in [2.45, 2.75) is 26.1 Å². The molecule has 0 saturated carbocycles. The van der Waals surface area contributed by atoms with Crippen LogP contribution >= 0.6 is 0 Å². The third-order valence-electron chi connectivity index (χ3n) is 2.60. The van der Waals surface area contributed by atoms with Crippen LogP contribution in [0.2, 0.25) is 0 Å². The van der Waals surface area contributed by atoms with Crippen LogP contribution in [0.15, 0.2) is 11.4 Å². The van der Waals surface area contributed by atoms with Crippen molar-refractivity contribution < 1.29 is 20.5 Å². The summed E-state index contributed by atoms with van der Waals surface area (Å²) >= 11 is 0. The van der Waals surface area contributed by atoms with Crippen LogP contribution < -0.4 is 0 Å². The van der Waals surface area contributed by atoms with Gasteiger partial charge in [0.2, 0.25) is 0 Å². The third-order valence-corrected chi connectivity index (χ3v) is 2.60.